The van der Waals surface area contributed by atoms with E-state index in [1.54, 1.807) is 30.6 Å². The Kier molecular flexibility index (Phi) is 10.7. The van der Waals surface area contributed by atoms with E-state index < -0.39 is 5.97 Å². The van der Waals surface area contributed by atoms with Crippen LogP contribution < -0.4 is 10.1 Å². The van der Waals surface area contributed by atoms with Crippen LogP contribution in [0, 0.1) is 0 Å². The SMILES string of the molecule is CCCCCCCCc1ccc(CCNc2ccc(C=CC(=O)Oc3ccncc3)cc2)s1. The molecule has 0 spiro atoms. The summed E-state index contributed by atoms with van der Waals surface area (Å²) >= 11 is 1.95. The van der Waals surface area contributed by atoms with Gasteiger partial charge in [-0.1, -0.05) is 51.2 Å². The van der Waals surface area contributed by atoms with Gasteiger partial charge >= 0.3 is 5.97 Å². The lowest BCUT2D eigenvalue weighted by Crippen LogP contribution is -2.04. The van der Waals surface area contributed by atoms with Gasteiger partial charge in [0.1, 0.15) is 5.75 Å². The zero-order chi connectivity index (χ0) is 23.1. The van der Waals surface area contributed by atoms with Gasteiger partial charge in [-0.15, -0.1) is 11.3 Å². The predicted octanol–water partition coefficient (Wildman–Crippen LogP) is 7.32. The molecule has 33 heavy (non-hydrogen) atoms. The monoisotopic (exact) mass is 462 g/mol. The summed E-state index contributed by atoms with van der Waals surface area (Å²) in [6, 6.07) is 15.9. The number of aryl methyl sites for hydroxylation is 1. The lowest BCUT2D eigenvalue weighted by Gasteiger charge is -2.06. The maximum atomic E-state index is 11.9. The fraction of sp³-hybridized carbons (Fsp3) is 0.357. The van der Waals surface area contributed by atoms with Gasteiger partial charge in [-0.25, -0.2) is 4.79 Å². The first-order valence-corrected chi connectivity index (χ1v) is 12.8. The van der Waals surface area contributed by atoms with E-state index in [2.05, 4.69) is 29.4 Å². The summed E-state index contributed by atoms with van der Waals surface area (Å²) < 4.78 is 5.22. The third-order valence-corrected chi connectivity index (χ3v) is 6.59. The first kappa shape index (κ1) is 24.7. The van der Waals surface area contributed by atoms with Crippen LogP contribution in [0.1, 0.15) is 60.8 Å². The van der Waals surface area contributed by atoms with Gasteiger partial charge in [-0.05, 0) is 67.3 Å². The number of ether oxygens (including phenoxy) is 1. The van der Waals surface area contributed by atoms with E-state index in [1.165, 1.54) is 60.8 Å². The molecule has 3 aromatic rings. The highest BCUT2D eigenvalue weighted by molar-refractivity contribution is 7.12. The molecule has 4 nitrogen and oxygen atoms in total. The van der Waals surface area contributed by atoms with Crippen molar-refractivity contribution in [1.82, 2.24) is 4.98 Å². The first-order valence-electron chi connectivity index (χ1n) is 11.9. The van der Waals surface area contributed by atoms with Crippen LogP contribution in [0.15, 0.2) is 67.0 Å². The largest absolute Gasteiger partial charge is 0.423 e. The summed E-state index contributed by atoms with van der Waals surface area (Å²) in [5, 5.41) is 3.48. The van der Waals surface area contributed by atoms with Crippen LogP contribution >= 0.6 is 11.3 Å². The Balaban J connectivity index is 1.34. The number of carbonyl (C=O) groups excluding carboxylic acids is 1. The minimum absolute atomic E-state index is 0.407. The van der Waals surface area contributed by atoms with Crippen LogP contribution in [0.5, 0.6) is 5.75 Å². The lowest BCUT2D eigenvalue weighted by molar-refractivity contribution is -0.128. The van der Waals surface area contributed by atoms with Crippen molar-refractivity contribution in [2.45, 2.75) is 58.3 Å². The average molecular weight is 463 g/mol. The highest BCUT2D eigenvalue weighted by Crippen LogP contribution is 2.20. The van der Waals surface area contributed by atoms with Gasteiger partial charge in [-0.2, -0.15) is 0 Å². The van der Waals surface area contributed by atoms with Gasteiger partial charge in [0.2, 0.25) is 0 Å². The van der Waals surface area contributed by atoms with E-state index in [1.807, 2.05) is 35.6 Å². The van der Waals surface area contributed by atoms with Gasteiger partial charge in [-0.3, -0.25) is 4.98 Å². The van der Waals surface area contributed by atoms with Crippen LogP contribution in [-0.4, -0.2) is 17.5 Å². The Labute approximate surface area is 201 Å². The van der Waals surface area contributed by atoms with Gasteiger partial charge in [0.15, 0.2) is 0 Å². The fourth-order valence-electron chi connectivity index (χ4n) is 3.53. The topological polar surface area (TPSA) is 51.2 Å². The summed E-state index contributed by atoms with van der Waals surface area (Å²) in [4.78, 5) is 18.8. The molecule has 0 atom stereocenters. The number of thiophene rings is 1. The van der Waals surface area contributed by atoms with Crippen LogP contribution in [0.4, 0.5) is 5.69 Å². The molecule has 0 aliphatic carbocycles. The molecule has 0 fully saturated rings. The first-order chi connectivity index (χ1) is 16.2. The molecule has 2 aromatic heterocycles. The Bertz CT molecular complexity index is 981. The minimum Gasteiger partial charge on any atom is -0.423 e. The number of carbonyl (C=O) groups is 1. The van der Waals surface area contributed by atoms with Crippen molar-refractivity contribution in [2.24, 2.45) is 0 Å². The quantitative estimate of drug-likeness (QED) is 0.155. The van der Waals surface area contributed by atoms with Crippen LogP contribution in [0.2, 0.25) is 0 Å². The lowest BCUT2D eigenvalue weighted by atomic mass is 10.1. The Hall–Kier alpha value is -2.92. The Morgan fingerprint density at radius 3 is 2.36 bits per heavy atom. The van der Waals surface area contributed by atoms with Gasteiger partial charge < -0.3 is 10.1 Å². The fourth-order valence-corrected chi connectivity index (χ4v) is 4.59. The molecule has 0 unspecified atom stereocenters. The molecule has 1 N–H and O–H groups in total. The van der Waals surface area contributed by atoms with Crippen molar-refractivity contribution >= 4 is 29.1 Å². The molecule has 174 valence electrons. The molecular weight excluding hydrogens is 428 g/mol. The standard InChI is InChI=1S/C28H34N2O2S/c1-2-3-4-5-6-7-8-26-14-15-27(33-26)19-22-30-24-12-9-23(10-13-24)11-16-28(31)32-25-17-20-29-21-18-25/h9-18,20-21,30H,2-8,19,22H2,1H3. The number of unbranched alkanes of at least 4 members (excludes halogenated alkanes) is 5. The molecule has 0 saturated heterocycles. The predicted molar refractivity (Wildman–Crippen MR) is 139 cm³/mol. The zero-order valence-corrected chi connectivity index (χ0v) is 20.3. The number of hydrogen-bond acceptors (Lipinski definition) is 5. The smallest absolute Gasteiger partial charge is 0.336 e. The Morgan fingerprint density at radius 1 is 0.909 bits per heavy atom. The van der Waals surface area contributed by atoms with Gasteiger partial charge in [0.25, 0.3) is 0 Å². The molecule has 1 aromatic carbocycles. The number of esters is 1. The number of pyridine rings is 1. The number of nitrogens with zero attached hydrogens (tertiary/aromatic N) is 1. The summed E-state index contributed by atoms with van der Waals surface area (Å²) in [6.45, 7) is 3.17. The third kappa shape index (κ3) is 9.62. The van der Waals surface area contributed by atoms with Crippen molar-refractivity contribution < 1.29 is 9.53 Å². The molecule has 0 amide bonds. The van der Waals surface area contributed by atoms with E-state index in [0.29, 0.717) is 5.75 Å². The maximum Gasteiger partial charge on any atom is 0.336 e. The molecular formula is C28H34N2O2S. The highest BCUT2D eigenvalue weighted by atomic mass is 32.1. The molecule has 0 aliphatic heterocycles. The molecule has 5 heteroatoms. The molecule has 3 rings (SSSR count). The molecule has 0 bridgehead atoms. The van der Waals surface area contributed by atoms with Crippen molar-refractivity contribution in [3.8, 4) is 5.75 Å². The van der Waals surface area contributed by atoms with Crippen molar-refractivity contribution in [2.75, 3.05) is 11.9 Å². The minimum atomic E-state index is -0.407. The van der Waals surface area contributed by atoms with Gasteiger partial charge in [0, 0.05) is 40.5 Å². The van der Waals surface area contributed by atoms with Crippen molar-refractivity contribution in [3.05, 3.63) is 82.3 Å². The number of anilines is 1. The second-order valence-corrected chi connectivity index (χ2v) is 9.37. The molecule has 0 saturated carbocycles. The van der Waals surface area contributed by atoms with E-state index in [9.17, 15) is 4.79 Å². The van der Waals surface area contributed by atoms with Crippen LogP contribution in [-0.2, 0) is 17.6 Å². The summed E-state index contributed by atoms with van der Waals surface area (Å²) in [5.41, 5.74) is 2.03. The Morgan fingerprint density at radius 2 is 1.61 bits per heavy atom. The molecule has 2 heterocycles. The molecule has 0 radical (unpaired) electrons. The molecule has 0 aliphatic rings. The normalized spacial score (nSPS) is 11.1. The van der Waals surface area contributed by atoms with Crippen LogP contribution in [0.3, 0.4) is 0 Å². The average Bonchev–Trinajstić information content (AvgIpc) is 3.29. The number of nitrogens with one attached hydrogen (secondary N) is 1. The maximum absolute atomic E-state index is 11.9. The zero-order valence-electron chi connectivity index (χ0n) is 19.5. The summed E-state index contributed by atoms with van der Waals surface area (Å²) in [6.07, 6.45) is 16.7. The van der Waals surface area contributed by atoms with E-state index in [4.69, 9.17) is 4.74 Å². The number of hydrogen-bond donors (Lipinski definition) is 1. The van der Waals surface area contributed by atoms with Crippen molar-refractivity contribution in [1.29, 1.82) is 0 Å². The van der Waals surface area contributed by atoms with E-state index in [0.717, 1.165) is 24.2 Å². The second kappa shape index (κ2) is 14.3. The van der Waals surface area contributed by atoms with Gasteiger partial charge in [0.05, 0.1) is 0 Å². The van der Waals surface area contributed by atoms with Crippen LogP contribution in [0.25, 0.3) is 6.08 Å². The summed E-state index contributed by atoms with van der Waals surface area (Å²) in [5.74, 6) is 0.0784. The number of benzene rings is 1. The summed E-state index contributed by atoms with van der Waals surface area (Å²) in [7, 11) is 0. The number of rotatable bonds is 14. The third-order valence-electron chi connectivity index (χ3n) is 5.39. The van der Waals surface area contributed by atoms with E-state index >= 15 is 0 Å². The highest BCUT2D eigenvalue weighted by Gasteiger charge is 2.02. The number of aromatic nitrogens is 1. The second-order valence-electron chi connectivity index (χ2n) is 8.12. The van der Waals surface area contributed by atoms with E-state index in [-0.39, 0.29) is 0 Å². The van der Waals surface area contributed by atoms with Crippen molar-refractivity contribution in [3.63, 3.8) is 0 Å².